The number of primary amides is 1. The van der Waals surface area contributed by atoms with Crippen molar-refractivity contribution in [2.75, 3.05) is 21.3 Å². The summed E-state index contributed by atoms with van der Waals surface area (Å²) in [6, 6.07) is 0. The molecular weight excluding hydrogens is 520 g/mol. The third kappa shape index (κ3) is 8.31. The van der Waals surface area contributed by atoms with Gasteiger partial charge >= 0.3 is 6.09 Å². The van der Waals surface area contributed by atoms with E-state index in [2.05, 4.69) is 5.32 Å². The quantitative estimate of drug-likeness (QED) is 0.345. The van der Waals surface area contributed by atoms with Crippen LogP contribution in [0.3, 0.4) is 0 Å². The Hall–Kier alpha value is -3.38. The highest BCUT2D eigenvalue weighted by molar-refractivity contribution is 6.22. The number of nitrogens with one attached hydrogen (secondary N) is 1. The van der Waals surface area contributed by atoms with Crippen LogP contribution >= 0.6 is 0 Å². The first-order chi connectivity index (χ1) is 18.8. The number of aliphatic hydroxyl groups excluding tert-OH is 1. The molecule has 40 heavy (non-hydrogen) atoms. The number of allylic oxidation sites excluding steroid dienone is 5. The van der Waals surface area contributed by atoms with Gasteiger partial charge in [-0.15, -0.1) is 0 Å². The van der Waals surface area contributed by atoms with E-state index < -0.39 is 60.0 Å². The number of hydrogen-bond donors (Lipinski definition) is 3. The van der Waals surface area contributed by atoms with Crippen molar-refractivity contribution in [1.82, 2.24) is 5.32 Å². The van der Waals surface area contributed by atoms with E-state index in [-0.39, 0.29) is 29.2 Å². The van der Waals surface area contributed by atoms with Gasteiger partial charge in [-0.2, -0.15) is 0 Å². The average Bonchev–Trinajstić information content (AvgIpc) is 2.90. The van der Waals surface area contributed by atoms with Crippen LogP contribution in [-0.4, -0.2) is 80.5 Å². The molecule has 0 fully saturated rings. The highest BCUT2D eigenvalue weighted by atomic mass is 16.6. The standard InChI is InChI=1S/C29H40N2O9/c1-15-9-8-10-22(37-5)27(40-29(30)36)17(3)11-16(2)24(33)23(38-6)12-18(4)26(39-7)20-13-19(32)14-21(25(20)34)31-28(15)35/h8-11,13-14,16,18,22-24,26-27,33H,12H2,1-7H3,(H2,30,36)(H,31,35)/b10-8-,15-9-,17-11?/t16-,18-,22-,23-,24+,26+,27-/m0/s1. The fraction of sp³-hybridized carbons (Fsp3) is 0.517. The summed E-state index contributed by atoms with van der Waals surface area (Å²) in [6.45, 7) is 6.86. The number of fused-ring (bicyclic) bond motifs is 2. The lowest BCUT2D eigenvalue weighted by Crippen LogP contribution is -2.40. The number of amides is 2. The Morgan fingerprint density at radius 1 is 1.02 bits per heavy atom. The number of carbonyl (C=O) groups excluding carboxylic acids is 4. The van der Waals surface area contributed by atoms with Gasteiger partial charge in [-0.25, -0.2) is 4.79 Å². The fourth-order valence-electron chi connectivity index (χ4n) is 4.86. The predicted octanol–water partition coefficient (Wildman–Crippen LogP) is 2.06. The number of ketones is 2. The topological polar surface area (TPSA) is 163 Å². The van der Waals surface area contributed by atoms with Crippen LogP contribution in [0.2, 0.25) is 0 Å². The maximum Gasteiger partial charge on any atom is 0.405 e. The molecule has 220 valence electrons. The first-order valence-corrected chi connectivity index (χ1v) is 12.9. The Morgan fingerprint density at radius 3 is 2.27 bits per heavy atom. The second-order valence-electron chi connectivity index (χ2n) is 10.0. The number of hydrogen-bond acceptors (Lipinski definition) is 9. The third-order valence-electron chi connectivity index (χ3n) is 7.04. The molecule has 1 aliphatic heterocycles. The minimum atomic E-state index is -1.01. The molecule has 1 heterocycles. The molecule has 0 aromatic carbocycles. The van der Waals surface area contributed by atoms with Crippen LogP contribution in [0.15, 0.2) is 58.9 Å². The fourth-order valence-corrected chi connectivity index (χ4v) is 4.86. The van der Waals surface area contributed by atoms with E-state index >= 15 is 0 Å². The molecule has 0 aromatic rings. The molecule has 2 aliphatic rings. The average molecular weight is 561 g/mol. The lowest BCUT2D eigenvalue weighted by Gasteiger charge is -2.32. The van der Waals surface area contributed by atoms with E-state index in [1.54, 1.807) is 26.0 Å². The molecular formula is C29H40N2O9. The van der Waals surface area contributed by atoms with E-state index in [9.17, 15) is 24.3 Å². The molecule has 0 spiro atoms. The summed E-state index contributed by atoms with van der Waals surface area (Å²) in [4.78, 5) is 50.4. The maximum absolute atomic E-state index is 13.3. The van der Waals surface area contributed by atoms with Gasteiger partial charge < -0.3 is 35.1 Å². The van der Waals surface area contributed by atoms with Crippen LogP contribution in [0.4, 0.5) is 4.79 Å². The molecule has 11 nitrogen and oxygen atoms in total. The molecule has 2 bridgehead atoms. The van der Waals surface area contributed by atoms with E-state index in [1.165, 1.54) is 46.5 Å². The SMILES string of the molecule is CO[C@H]1/C=C\C=C(\C)C(=O)NC2=CC(=O)C=C(C2=O)[C@H](OC)[C@@H](C)C[C@H](OC)[C@H](O)[C@@H](C)C=C(C)[C@@H]1OC(N)=O. The molecule has 0 unspecified atom stereocenters. The largest absolute Gasteiger partial charge is 0.439 e. The number of rotatable bonds is 4. The van der Waals surface area contributed by atoms with E-state index in [1.807, 2.05) is 6.92 Å². The second-order valence-corrected chi connectivity index (χ2v) is 10.0. The molecule has 1 aliphatic carbocycles. The summed E-state index contributed by atoms with van der Waals surface area (Å²) in [7, 11) is 4.31. The van der Waals surface area contributed by atoms with Crippen LogP contribution in [0.5, 0.6) is 0 Å². The molecule has 4 N–H and O–H groups in total. The van der Waals surface area contributed by atoms with Gasteiger partial charge in [0.1, 0.15) is 6.10 Å². The van der Waals surface area contributed by atoms with Gasteiger partial charge in [0, 0.05) is 44.5 Å². The van der Waals surface area contributed by atoms with Crippen molar-refractivity contribution in [3.63, 3.8) is 0 Å². The van der Waals surface area contributed by atoms with Crippen molar-refractivity contribution in [3.05, 3.63) is 58.9 Å². The van der Waals surface area contributed by atoms with Gasteiger partial charge in [0.05, 0.1) is 24.0 Å². The molecule has 0 radical (unpaired) electrons. The van der Waals surface area contributed by atoms with Crippen LogP contribution in [-0.2, 0) is 33.3 Å². The Bertz CT molecular complexity index is 1130. The minimum absolute atomic E-state index is 0.0970. The zero-order chi connectivity index (χ0) is 30.1. The molecule has 0 saturated carbocycles. The monoisotopic (exact) mass is 560 g/mol. The van der Waals surface area contributed by atoms with Gasteiger partial charge in [0.2, 0.25) is 5.78 Å². The lowest BCUT2D eigenvalue weighted by atomic mass is 9.84. The van der Waals surface area contributed by atoms with Crippen molar-refractivity contribution in [1.29, 1.82) is 0 Å². The molecule has 0 aromatic heterocycles. The number of nitrogens with two attached hydrogens (primary N) is 1. The number of Topliss-reactive ketones (excluding diaryl/α,β-unsaturated/α-hetero) is 1. The van der Waals surface area contributed by atoms with Crippen LogP contribution in [0.25, 0.3) is 0 Å². The number of aliphatic hydroxyl groups is 1. The van der Waals surface area contributed by atoms with Gasteiger partial charge in [-0.05, 0) is 37.8 Å². The summed E-state index contributed by atoms with van der Waals surface area (Å²) in [6.07, 6.45) is 3.68. The summed E-state index contributed by atoms with van der Waals surface area (Å²) < 4.78 is 22.1. The van der Waals surface area contributed by atoms with E-state index in [4.69, 9.17) is 24.7 Å². The molecule has 0 saturated heterocycles. The Kier molecular flexibility index (Phi) is 12.2. The first kappa shape index (κ1) is 32.8. The van der Waals surface area contributed by atoms with Crippen molar-refractivity contribution in [3.8, 4) is 0 Å². The smallest absolute Gasteiger partial charge is 0.405 e. The summed E-state index contributed by atoms with van der Waals surface area (Å²) >= 11 is 0. The second kappa shape index (κ2) is 14.8. The van der Waals surface area contributed by atoms with Crippen LogP contribution < -0.4 is 11.1 Å². The normalized spacial score (nSPS) is 33.1. The Morgan fingerprint density at radius 2 is 1.70 bits per heavy atom. The Labute approximate surface area is 234 Å². The zero-order valence-electron chi connectivity index (χ0n) is 24.0. The summed E-state index contributed by atoms with van der Waals surface area (Å²) in [5.41, 5.74) is 6.06. The number of carbonyl (C=O) groups is 4. The third-order valence-corrected chi connectivity index (χ3v) is 7.04. The van der Waals surface area contributed by atoms with Crippen molar-refractivity contribution < 1.29 is 43.2 Å². The van der Waals surface area contributed by atoms with Crippen molar-refractivity contribution >= 4 is 23.6 Å². The highest BCUT2D eigenvalue weighted by Gasteiger charge is 2.35. The molecule has 2 amide bonds. The van der Waals surface area contributed by atoms with Crippen LogP contribution in [0.1, 0.15) is 34.1 Å². The molecule has 2 rings (SSSR count). The minimum Gasteiger partial charge on any atom is -0.439 e. The van der Waals surface area contributed by atoms with Gasteiger partial charge in [0.25, 0.3) is 5.91 Å². The predicted molar refractivity (Wildman–Crippen MR) is 147 cm³/mol. The summed E-state index contributed by atoms with van der Waals surface area (Å²) in [5, 5.41) is 13.7. The lowest BCUT2D eigenvalue weighted by molar-refractivity contribution is -0.120. The molecule has 11 heteroatoms. The first-order valence-electron chi connectivity index (χ1n) is 12.9. The van der Waals surface area contributed by atoms with E-state index in [0.29, 0.717) is 5.57 Å². The summed E-state index contributed by atoms with van der Waals surface area (Å²) in [5.74, 6) is -2.44. The van der Waals surface area contributed by atoms with Crippen LogP contribution in [0, 0.1) is 11.8 Å². The number of ether oxygens (including phenoxy) is 4. The van der Waals surface area contributed by atoms with Gasteiger partial charge in [-0.1, -0.05) is 38.2 Å². The van der Waals surface area contributed by atoms with E-state index in [0.717, 1.165) is 6.08 Å². The molecule has 7 atom stereocenters. The van der Waals surface area contributed by atoms with Crippen molar-refractivity contribution in [2.24, 2.45) is 17.6 Å². The Balaban J connectivity index is 2.62. The number of methoxy groups -OCH3 is 3. The van der Waals surface area contributed by atoms with Crippen molar-refractivity contribution in [2.45, 2.75) is 64.6 Å². The maximum atomic E-state index is 13.3. The highest BCUT2D eigenvalue weighted by Crippen LogP contribution is 2.29. The zero-order valence-corrected chi connectivity index (χ0v) is 24.0. The van der Waals surface area contributed by atoms with Gasteiger partial charge in [-0.3, -0.25) is 14.4 Å². The van der Waals surface area contributed by atoms with Gasteiger partial charge in [0.15, 0.2) is 11.9 Å².